The number of aromatic hydroxyl groups is 1. The zero-order valence-corrected chi connectivity index (χ0v) is 11.1. The average Bonchev–Trinajstić information content (AvgIpc) is 2.49. The number of phenolic OH excluding ortho intramolecular Hbond substituents is 1. The summed E-state index contributed by atoms with van der Waals surface area (Å²) in [4.78, 5) is 19.3. The third-order valence-corrected chi connectivity index (χ3v) is 2.26. The number of methoxy groups -OCH3 is 1. The molecule has 0 aliphatic heterocycles. The molecule has 1 heterocycles. The van der Waals surface area contributed by atoms with Gasteiger partial charge in [-0.15, -0.1) is 0 Å². The van der Waals surface area contributed by atoms with Gasteiger partial charge in [0.15, 0.2) is 0 Å². The summed E-state index contributed by atoms with van der Waals surface area (Å²) < 4.78 is 4.54. The van der Waals surface area contributed by atoms with Crippen molar-refractivity contribution in [3.63, 3.8) is 0 Å². The molecule has 0 fully saturated rings. The molecule has 0 saturated carbocycles. The molecule has 0 bridgehead atoms. The van der Waals surface area contributed by atoms with Crippen molar-refractivity contribution >= 4 is 5.97 Å². The maximum absolute atomic E-state index is 11.3. The van der Waals surface area contributed by atoms with E-state index >= 15 is 0 Å². The minimum Gasteiger partial charge on any atom is -0.507 e. The van der Waals surface area contributed by atoms with Gasteiger partial charge >= 0.3 is 5.97 Å². The maximum Gasteiger partial charge on any atom is 0.341 e. The number of rotatable bonds is 2. The molecule has 0 radical (unpaired) electrons. The molecule has 1 aromatic carbocycles. The molecule has 19 heavy (non-hydrogen) atoms. The molecule has 0 aliphatic rings. The van der Waals surface area contributed by atoms with E-state index in [9.17, 15) is 9.90 Å². The highest BCUT2D eigenvalue weighted by Gasteiger charge is 2.12. The molecule has 2 rings (SSSR count). The van der Waals surface area contributed by atoms with Gasteiger partial charge in [0, 0.05) is 18.0 Å². The van der Waals surface area contributed by atoms with Gasteiger partial charge in [0.2, 0.25) is 0 Å². The predicted octanol–water partition coefficient (Wildman–Crippen LogP) is 2.66. The van der Waals surface area contributed by atoms with Crippen LogP contribution in [0.4, 0.5) is 0 Å². The summed E-state index contributed by atoms with van der Waals surface area (Å²) in [6.45, 7) is 4.00. The summed E-state index contributed by atoms with van der Waals surface area (Å²) >= 11 is 0. The number of carbonyl (C=O) groups is 1. The number of nitrogens with zero attached hydrogens (tertiary/aromatic N) is 2. The third-order valence-electron chi connectivity index (χ3n) is 2.26. The second-order valence-electron chi connectivity index (χ2n) is 3.31. The SMILES string of the molecule is CC.COC(=O)c1ccc(-c2cnccn2)cc1O. The van der Waals surface area contributed by atoms with E-state index in [2.05, 4.69) is 14.7 Å². The van der Waals surface area contributed by atoms with E-state index in [0.29, 0.717) is 11.3 Å². The lowest BCUT2D eigenvalue weighted by Gasteiger charge is -2.05. The molecule has 0 aliphatic carbocycles. The third kappa shape index (κ3) is 3.51. The molecular formula is C14H16N2O3. The zero-order chi connectivity index (χ0) is 14.3. The first kappa shape index (κ1) is 14.6. The summed E-state index contributed by atoms with van der Waals surface area (Å²) in [5.41, 5.74) is 1.43. The zero-order valence-electron chi connectivity index (χ0n) is 11.1. The van der Waals surface area contributed by atoms with Crippen LogP contribution in [0.25, 0.3) is 11.3 Å². The quantitative estimate of drug-likeness (QED) is 0.840. The minimum atomic E-state index is -0.576. The van der Waals surface area contributed by atoms with Crippen molar-refractivity contribution in [3.05, 3.63) is 42.4 Å². The molecule has 5 heteroatoms. The molecule has 0 atom stereocenters. The van der Waals surface area contributed by atoms with Crippen LogP contribution in [0.15, 0.2) is 36.8 Å². The first-order valence-corrected chi connectivity index (χ1v) is 5.90. The fraction of sp³-hybridized carbons (Fsp3) is 0.214. The smallest absolute Gasteiger partial charge is 0.341 e. The van der Waals surface area contributed by atoms with Gasteiger partial charge in [0.05, 0.1) is 19.0 Å². The van der Waals surface area contributed by atoms with Gasteiger partial charge in [-0.3, -0.25) is 9.97 Å². The van der Waals surface area contributed by atoms with Crippen molar-refractivity contribution in [1.29, 1.82) is 0 Å². The lowest BCUT2D eigenvalue weighted by atomic mass is 10.1. The average molecular weight is 260 g/mol. The van der Waals surface area contributed by atoms with Crippen LogP contribution in [-0.4, -0.2) is 28.2 Å². The van der Waals surface area contributed by atoms with Crippen LogP contribution in [0, 0.1) is 0 Å². The van der Waals surface area contributed by atoms with E-state index in [1.165, 1.54) is 19.2 Å². The molecule has 2 aromatic rings. The van der Waals surface area contributed by atoms with Crippen molar-refractivity contribution in [2.45, 2.75) is 13.8 Å². The van der Waals surface area contributed by atoms with Crippen molar-refractivity contribution in [2.24, 2.45) is 0 Å². The van der Waals surface area contributed by atoms with Crippen molar-refractivity contribution in [2.75, 3.05) is 7.11 Å². The lowest BCUT2D eigenvalue weighted by molar-refractivity contribution is 0.0597. The van der Waals surface area contributed by atoms with Crippen LogP contribution >= 0.6 is 0 Å². The van der Waals surface area contributed by atoms with Crippen LogP contribution < -0.4 is 0 Å². The van der Waals surface area contributed by atoms with Crippen LogP contribution in [-0.2, 0) is 4.74 Å². The first-order chi connectivity index (χ1) is 9.22. The first-order valence-electron chi connectivity index (χ1n) is 5.90. The Hall–Kier alpha value is -2.43. The van der Waals surface area contributed by atoms with Crippen LogP contribution in [0.3, 0.4) is 0 Å². The van der Waals surface area contributed by atoms with E-state index < -0.39 is 5.97 Å². The highest BCUT2D eigenvalue weighted by molar-refractivity contribution is 5.93. The molecule has 0 amide bonds. The minimum absolute atomic E-state index is 0.125. The molecular weight excluding hydrogens is 244 g/mol. The Kier molecular flexibility index (Phi) is 5.47. The standard InChI is InChI=1S/C12H10N2O3.C2H6/c1-17-12(16)9-3-2-8(6-11(9)15)10-7-13-4-5-14-10;1-2/h2-7,15H,1H3;1-2H3. The second kappa shape index (κ2) is 7.10. The van der Waals surface area contributed by atoms with Gasteiger partial charge in [-0.25, -0.2) is 4.79 Å². The van der Waals surface area contributed by atoms with E-state index in [-0.39, 0.29) is 11.3 Å². The Balaban J connectivity index is 0.000000861. The van der Waals surface area contributed by atoms with Gasteiger partial charge in [-0.1, -0.05) is 19.9 Å². The van der Waals surface area contributed by atoms with Crippen molar-refractivity contribution < 1.29 is 14.6 Å². The summed E-state index contributed by atoms with van der Waals surface area (Å²) in [5.74, 6) is -0.715. The largest absolute Gasteiger partial charge is 0.507 e. The predicted molar refractivity (Wildman–Crippen MR) is 71.8 cm³/mol. The van der Waals surface area contributed by atoms with Crippen LogP contribution in [0.2, 0.25) is 0 Å². The Labute approximate surface area is 111 Å². The molecule has 0 unspecified atom stereocenters. The van der Waals surface area contributed by atoms with Crippen molar-refractivity contribution in [1.82, 2.24) is 9.97 Å². The molecule has 100 valence electrons. The highest BCUT2D eigenvalue weighted by Crippen LogP contribution is 2.25. The Morgan fingerprint density at radius 1 is 1.26 bits per heavy atom. The van der Waals surface area contributed by atoms with Crippen LogP contribution in [0.1, 0.15) is 24.2 Å². The number of hydrogen-bond acceptors (Lipinski definition) is 5. The van der Waals surface area contributed by atoms with E-state index in [4.69, 9.17) is 0 Å². The molecule has 5 nitrogen and oxygen atoms in total. The summed E-state index contributed by atoms with van der Waals surface area (Å²) in [5, 5.41) is 9.71. The fourth-order valence-corrected chi connectivity index (χ4v) is 1.42. The highest BCUT2D eigenvalue weighted by atomic mass is 16.5. The topological polar surface area (TPSA) is 72.3 Å². The van der Waals surface area contributed by atoms with Crippen molar-refractivity contribution in [3.8, 4) is 17.0 Å². The van der Waals surface area contributed by atoms with Gasteiger partial charge in [0.1, 0.15) is 11.3 Å². The van der Waals surface area contributed by atoms with Gasteiger partial charge in [-0.05, 0) is 12.1 Å². The van der Waals surface area contributed by atoms with E-state index in [0.717, 1.165) is 0 Å². The number of carbonyl (C=O) groups excluding carboxylic acids is 1. The van der Waals surface area contributed by atoms with E-state index in [1.807, 2.05) is 13.8 Å². The number of hydrogen-bond donors (Lipinski definition) is 1. The lowest BCUT2D eigenvalue weighted by Crippen LogP contribution is -2.01. The molecule has 1 aromatic heterocycles. The summed E-state index contributed by atoms with van der Waals surface area (Å²) in [6, 6.07) is 4.62. The Bertz CT molecular complexity index is 542. The fourth-order valence-electron chi connectivity index (χ4n) is 1.42. The number of aromatic nitrogens is 2. The Morgan fingerprint density at radius 3 is 2.53 bits per heavy atom. The van der Waals surface area contributed by atoms with Gasteiger partial charge in [0.25, 0.3) is 0 Å². The summed E-state index contributed by atoms with van der Waals surface area (Å²) in [7, 11) is 1.26. The number of esters is 1. The van der Waals surface area contributed by atoms with Gasteiger partial charge in [-0.2, -0.15) is 0 Å². The number of ether oxygens (including phenoxy) is 1. The van der Waals surface area contributed by atoms with E-state index in [1.54, 1.807) is 24.7 Å². The Morgan fingerprint density at radius 2 is 2.00 bits per heavy atom. The molecule has 0 spiro atoms. The number of benzene rings is 1. The normalized spacial score (nSPS) is 9.21. The molecule has 1 N–H and O–H groups in total. The molecule has 0 saturated heterocycles. The number of phenols is 1. The van der Waals surface area contributed by atoms with Crippen LogP contribution in [0.5, 0.6) is 5.75 Å². The maximum atomic E-state index is 11.3. The van der Waals surface area contributed by atoms with Gasteiger partial charge < -0.3 is 9.84 Å². The monoisotopic (exact) mass is 260 g/mol. The second-order valence-corrected chi connectivity index (χ2v) is 3.31. The summed E-state index contributed by atoms with van der Waals surface area (Å²) in [6.07, 6.45) is 4.69.